The molecule has 2 heterocycles. The molecule has 1 aromatic rings. The zero-order chi connectivity index (χ0) is 14.6. The molecule has 0 bridgehead atoms. The van der Waals surface area contributed by atoms with E-state index in [-0.39, 0.29) is 0 Å². The molecule has 2 rings (SSSR count). The van der Waals surface area contributed by atoms with Gasteiger partial charge in [-0.05, 0) is 40.0 Å². The maximum absolute atomic E-state index is 4.46. The van der Waals surface area contributed by atoms with Crippen LogP contribution in [-0.2, 0) is 13.1 Å². The lowest BCUT2D eigenvalue weighted by Gasteiger charge is -2.41. The third kappa shape index (κ3) is 4.06. The summed E-state index contributed by atoms with van der Waals surface area (Å²) in [5, 5.41) is 3.68. The number of aromatic nitrogens is 2. The van der Waals surface area contributed by atoms with Crippen LogP contribution in [0.3, 0.4) is 0 Å². The van der Waals surface area contributed by atoms with Gasteiger partial charge in [-0.1, -0.05) is 6.92 Å². The number of nitrogens with zero attached hydrogens (tertiary/aromatic N) is 3. The Balaban J connectivity index is 1.77. The molecule has 0 amide bonds. The molecule has 114 valence electrons. The van der Waals surface area contributed by atoms with Gasteiger partial charge in [0, 0.05) is 43.6 Å². The standard InChI is InChI=1S/C16H30N4/c1-5-9-19-12-8-17-15(19)13-18-14-6-10-20(11-7-14)16(2,3)4/h8,12,14,18H,5-7,9-11,13H2,1-4H3. The average molecular weight is 278 g/mol. The van der Waals surface area contributed by atoms with Gasteiger partial charge in [-0.3, -0.25) is 4.90 Å². The van der Waals surface area contributed by atoms with Gasteiger partial charge in [0.2, 0.25) is 0 Å². The summed E-state index contributed by atoms with van der Waals surface area (Å²) in [5.74, 6) is 1.17. The van der Waals surface area contributed by atoms with Crippen molar-refractivity contribution < 1.29 is 0 Å². The lowest BCUT2D eigenvalue weighted by atomic mass is 9.98. The molecular formula is C16H30N4. The van der Waals surface area contributed by atoms with Gasteiger partial charge in [0.25, 0.3) is 0 Å². The van der Waals surface area contributed by atoms with E-state index in [4.69, 9.17) is 0 Å². The highest BCUT2D eigenvalue weighted by Gasteiger charge is 2.26. The van der Waals surface area contributed by atoms with E-state index in [0.29, 0.717) is 11.6 Å². The van der Waals surface area contributed by atoms with Crippen molar-refractivity contribution in [3.8, 4) is 0 Å². The van der Waals surface area contributed by atoms with Crippen LogP contribution < -0.4 is 5.32 Å². The van der Waals surface area contributed by atoms with Crippen molar-refractivity contribution in [3.63, 3.8) is 0 Å². The molecule has 0 spiro atoms. The molecule has 1 saturated heterocycles. The van der Waals surface area contributed by atoms with Crippen molar-refractivity contribution in [1.82, 2.24) is 19.8 Å². The number of rotatable bonds is 5. The lowest BCUT2D eigenvalue weighted by molar-refractivity contribution is 0.0958. The van der Waals surface area contributed by atoms with Crippen LogP contribution in [0.15, 0.2) is 12.4 Å². The number of imidazole rings is 1. The Kier molecular flexibility index (Phi) is 5.22. The van der Waals surface area contributed by atoms with E-state index in [9.17, 15) is 0 Å². The summed E-state index contributed by atoms with van der Waals surface area (Å²) in [6.45, 7) is 13.5. The molecule has 1 aromatic heterocycles. The number of likely N-dealkylation sites (tertiary alicyclic amines) is 1. The van der Waals surface area contributed by atoms with Crippen molar-refractivity contribution in [2.75, 3.05) is 13.1 Å². The van der Waals surface area contributed by atoms with Gasteiger partial charge in [0.1, 0.15) is 5.82 Å². The molecule has 20 heavy (non-hydrogen) atoms. The first-order valence-electron chi connectivity index (χ1n) is 7.99. The average Bonchev–Trinajstić information content (AvgIpc) is 2.84. The molecule has 0 aromatic carbocycles. The minimum Gasteiger partial charge on any atom is -0.334 e. The van der Waals surface area contributed by atoms with E-state index in [0.717, 1.165) is 19.5 Å². The van der Waals surface area contributed by atoms with Crippen molar-refractivity contribution in [1.29, 1.82) is 0 Å². The summed E-state index contributed by atoms with van der Waals surface area (Å²) in [6, 6.07) is 0.639. The first kappa shape index (κ1) is 15.5. The van der Waals surface area contributed by atoms with Gasteiger partial charge in [0.05, 0.1) is 6.54 Å². The second kappa shape index (κ2) is 6.72. The fourth-order valence-corrected chi connectivity index (χ4v) is 2.94. The van der Waals surface area contributed by atoms with Crippen LogP contribution in [0.25, 0.3) is 0 Å². The molecule has 0 atom stereocenters. The Morgan fingerprint density at radius 3 is 2.60 bits per heavy atom. The van der Waals surface area contributed by atoms with Crippen LogP contribution in [0, 0.1) is 0 Å². The zero-order valence-electron chi connectivity index (χ0n) is 13.5. The highest BCUT2D eigenvalue weighted by molar-refractivity contribution is 4.93. The number of hydrogen-bond donors (Lipinski definition) is 1. The summed E-state index contributed by atoms with van der Waals surface area (Å²) in [5.41, 5.74) is 0.308. The molecule has 1 fully saturated rings. The molecule has 0 unspecified atom stereocenters. The summed E-state index contributed by atoms with van der Waals surface area (Å²) in [7, 11) is 0. The highest BCUT2D eigenvalue weighted by atomic mass is 15.2. The van der Waals surface area contributed by atoms with Gasteiger partial charge in [-0.2, -0.15) is 0 Å². The molecule has 0 radical (unpaired) electrons. The Bertz CT molecular complexity index is 397. The van der Waals surface area contributed by atoms with E-state index in [1.165, 1.54) is 31.8 Å². The van der Waals surface area contributed by atoms with Gasteiger partial charge in [-0.15, -0.1) is 0 Å². The molecule has 0 saturated carbocycles. The zero-order valence-corrected chi connectivity index (χ0v) is 13.5. The molecular weight excluding hydrogens is 248 g/mol. The van der Waals surface area contributed by atoms with Crippen LogP contribution in [0.5, 0.6) is 0 Å². The molecule has 0 aliphatic carbocycles. The Morgan fingerprint density at radius 1 is 1.30 bits per heavy atom. The summed E-state index contributed by atoms with van der Waals surface area (Å²) in [6.07, 6.45) is 7.64. The maximum atomic E-state index is 4.46. The number of nitrogens with one attached hydrogen (secondary N) is 1. The monoisotopic (exact) mass is 278 g/mol. The van der Waals surface area contributed by atoms with Crippen LogP contribution in [-0.4, -0.2) is 39.1 Å². The summed E-state index contributed by atoms with van der Waals surface area (Å²) in [4.78, 5) is 7.05. The van der Waals surface area contributed by atoms with Crippen molar-refractivity contribution >= 4 is 0 Å². The quantitative estimate of drug-likeness (QED) is 0.899. The second-order valence-electron chi connectivity index (χ2n) is 6.85. The number of aryl methyl sites for hydroxylation is 1. The Labute approximate surface area is 123 Å². The fraction of sp³-hybridized carbons (Fsp3) is 0.812. The van der Waals surface area contributed by atoms with Crippen molar-refractivity contribution in [2.24, 2.45) is 0 Å². The molecule has 4 nitrogen and oxygen atoms in total. The predicted octanol–water partition coefficient (Wildman–Crippen LogP) is 2.65. The minimum atomic E-state index is 0.308. The molecule has 1 aliphatic heterocycles. The SMILES string of the molecule is CCCn1ccnc1CNC1CCN(C(C)(C)C)CC1. The van der Waals surface area contributed by atoms with E-state index in [1.807, 2.05) is 6.20 Å². The van der Waals surface area contributed by atoms with E-state index >= 15 is 0 Å². The van der Waals surface area contributed by atoms with Crippen LogP contribution >= 0.6 is 0 Å². The maximum Gasteiger partial charge on any atom is 0.122 e. The third-order valence-electron chi connectivity index (χ3n) is 4.26. The molecule has 4 heteroatoms. The fourth-order valence-electron chi connectivity index (χ4n) is 2.94. The van der Waals surface area contributed by atoms with Crippen molar-refractivity contribution in [2.45, 2.75) is 71.6 Å². The van der Waals surface area contributed by atoms with E-state index in [1.54, 1.807) is 0 Å². The first-order valence-corrected chi connectivity index (χ1v) is 7.99. The molecule has 1 aliphatic rings. The van der Waals surface area contributed by atoms with E-state index < -0.39 is 0 Å². The summed E-state index contributed by atoms with van der Waals surface area (Å²) >= 11 is 0. The second-order valence-corrected chi connectivity index (χ2v) is 6.85. The van der Waals surface area contributed by atoms with Crippen LogP contribution in [0.2, 0.25) is 0 Å². The largest absolute Gasteiger partial charge is 0.334 e. The smallest absolute Gasteiger partial charge is 0.122 e. The normalized spacial score (nSPS) is 18.6. The lowest BCUT2D eigenvalue weighted by Crippen LogP contribution is -2.49. The van der Waals surface area contributed by atoms with Gasteiger partial charge in [-0.25, -0.2) is 4.98 Å². The minimum absolute atomic E-state index is 0.308. The van der Waals surface area contributed by atoms with Gasteiger partial charge in [0.15, 0.2) is 0 Å². The summed E-state index contributed by atoms with van der Waals surface area (Å²) < 4.78 is 2.26. The first-order chi connectivity index (χ1) is 9.50. The van der Waals surface area contributed by atoms with Gasteiger partial charge < -0.3 is 9.88 Å². The number of hydrogen-bond acceptors (Lipinski definition) is 3. The Morgan fingerprint density at radius 2 is 2.00 bits per heavy atom. The number of piperidine rings is 1. The van der Waals surface area contributed by atoms with Crippen molar-refractivity contribution in [3.05, 3.63) is 18.2 Å². The Hall–Kier alpha value is -0.870. The van der Waals surface area contributed by atoms with E-state index in [2.05, 4.69) is 53.7 Å². The van der Waals surface area contributed by atoms with Crippen LogP contribution in [0.1, 0.15) is 52.8 Å². The predicted molar refractivity (Wildman–Crippen MR) is 83.7 cm³/mol. The van der Waals surface area contributed by atoms with Gasteiger partial charge >= 0.3 is 0 Å². The molecule has 1 N–H and O–H groups in total. The topological polar surface area (TPSA) is 33.1 Å². The highest BCUT2D eigenvalue weighted by Crippen LogP contribution is 2.20. The third-order valence-corrected chi connectivity index (χ3v) is 4.26. The van der Waals surface area contributed by atoms with Crippen LogP contribution in [0.4, 0.5) is 0 Å².